The fourth-order valence-electron chi connectivity index (χ4n) is 2.41. The Morgan fingerprint density at radius 3 is 2.75 bits per heavy atom. The van der Waals surface area contributed by atoms with Crippen LogP contribution in [-0.2, 0) is 0 Å². The number of nitrogens with one attached hydrogen (secondary N) is 1. The minimum Gasteiger partial charge on any atom is -0.493 e. The van der Waals surface area contributed by atoms with Crippen molar-refractivity contribution >= 4 is 17.8 Å². The lowest BCUT2D eigenvalue weighted by Crippen LogP contribution is -2.17. The maximum atomic E-state index is 12.1. The van der Waals surface area contributed by atoms with Gasteiger partial charge in [0.1, 0.15) is 0 Å². The molecule has 0 spiro atoms. The fraction of sp³-hybridized carbons (Fsp3) is 0.300. The number of nitrogens with zero attached hydrogens (tertiary/aromatic N) is 2. The van der Waals surface area contributed by atoms with Gasteiger partial charge in [0, 0.05) is 17.7 Å². The first kappa shape index (κ1) is 20.9. The molecule has 0 atom stereocenters. The van der Waals surface area contributed by atoms with Gasteiger partial charge in [-0.1, -0.05) is 25.8 Å². The van der Waals surface area contributed by atoms with Crippen molar-refractivity contribution in [1.29, 1.82) is 0 Å². The smallest absolute Gasteiger partial charge is 0.271 e. The summed E-state index contributed by atoms with van der Waals surface area (Å²) in [5.74, 6) is 0.685. The average molecular weight is 385 g/mol. The van der Waals surface area contributed by atoms with Crippen LogP contribution in [0.25, 0.3) is 0 Å². The highest BCUT2D eigenvalue weighted by molar-refractivity contribution is 5.95. The van der Waals surface area contributed by atoms with Gasteiger partial charge in [0.25, 0.3) is 11.6 Å². The molecular formula is C20H23N3O5. The van der Waals surface area contributed by atoms with Crippen molar-refractivity contribution in [2.45, 2.75) is 26.2 Å². The van der Waals surface area contributed by atoms with Crippen LogP contribution in [0.5, 0.6) is 11.5 Å². The second kappa shape index (κ2) is 10.7. The van der Waals surface area contributed by atoms with Crippen LogP contribution < -0.4 is 14.9 Å². The zero-order valence-electron chi connectivity index (χ0n) is 15.9. The van der Waals surface area contributed by atoms with E-state index in [1.54, 1.807) is 25.3 Å². The lowest BCUT2D eigenvalue weighted by Gasteiger charge is -2.11. The molecule has 0 aliphatic rings. The van der Waals surface area contributed by atoms with Crippen LogP contribution in [0.1, 0.15) is 42.1 Å². The summed E-state index contributed by atoms with van der Waals surface area (Å²) in [4.78, 5) is 22.3. The van der Waals surface area contributed by atoms with E-state index < -0.39 is 10.8 Å². The molecule has 1 amide bonds. The molecule has 2 aromatic rings. The number of carbonyl (C=O) groups excluding carboxylic acids is 1. The Labute approximate surface area is 163 Å². The van der Waals surface area contributed by atoms with Gasteiger partial charge in [-0.15, -0.1) is 0 Å². The number of rotatable bonds is 10. The monoisotopic (exact) mass is 385 g/mol. The van der Waals surface area contributed by atoms with Crippen molar-refractivity contribution in [3.8, 4) is 11.5 Å². The second-order valence-corrected chi connectivity index (χ2v) is 5.97. The first-order valence-electron chi connectivity index (χ1n) is 8.94. The molecule has 8 heteroatoms. The number of hydrogen-bond acceptors (Lipinski definition) is 6. The van der Waals surface area contributed by atoms with Gasteiger partial charge in [0.05, 0.1) is 24.9 Å². The summed E-state index contributed by atoms with van der Waals surface area (Å²) in [7, 11) is 1.55. The Bertz CT molecular complexity index is 851. The van der Waals surface area contributed by atoms with E-state index in [-0.39, 0.29) is 11.3 Å². The molecule has 0 heterocycles. The summed E-state index contributed by atoms with van der Waals surface area (Å²) in [5.41, 5.74) is 3.05. The Morgan fingerprint density at radius 2 is 2.04 bits per heavy atom. The van der Waals surface area contributed by atoms with E-state index in [2.05, 4.69) is 17.5 Å². The number of hydrogen-bond donors (Lipinski definition) is 1. The van der Waals surface area contributed by atoms with Crippen LogP contribution in [-0.4, -0.2) is 30.8 Å². The van der Waals surface area contributed by atoms with Crippen molar-refractivity contribution < 1.29 is 19.2 Å². The number of ether oxygens (including phenoxy) is 2. The average Bonchev–Trinajstić information content (AvgIpc) is 2.71. The van der Waals surface area contributed by atoms with Crippen molar-refractivity contribution in [3.63, 3.8) is 0 Å². The van der Waals surface area contributed by atoms with E-state index in [1.807, 2.05) is 0 Å². The Balaban J connectivity index is 1.98. The third-order valence-corrected chi connectivity index (χ3v) is 3.89. The Morgan fingerprint density at radius 1 is 1.21 bits per heavy atom. The molecule has 0 aromatic heterocycles. The third kappa shape index (κ3) is 6.08. The summed E-state index contributed by atoms with van der Waals surface area (Å²) in [5, 5.41) is 14.7. The van der Waals surface area contributed by atoms with Gasteiger partial charge < -0.3 is 9.47 Å². The molecule has 2 aromatic carbocycles. The minimum absolute atomic E-state index is 0.153. The molecule has 0 radical (unpaired) electrons. The summed E-state index contributed by atoms with van der Waals surface area (Å²) in [6, 6.07) is 10.8. The van der Waals surface area contributed by atoms with E-state index in [4.69, 9.17) is 9.47 Å². The molecule has 8 nitrogen and oxygen atoms in total. The zero-order chi connectivity index (χ0) is 20.4. The number of unbranched alkanes of at least 4 members (excludes halogenated alkanes) is 2. The van der Waals surface area contributed by atoms with Crippen LogP contribution in [0.15, 0.2) is 47.6 Å². The predicted octanol–water partition coefficient (Wildman–Crippen LogP) is 3.94. The van der Waals surface area contributed by atoms with Crippen molar-refractivity contribution in [2.75, 3.05) is 13.7 Å². The van der Waals surface area contributed by atoms with E-state index in [0.717, 1.165) is 19.3 Å². The van der Waals surface area contributed by atoms with E-state index in [1.165, 1.54) is 30.5 Å². The van der Waals surface area contributed by atoms with E-state index in [9.17, 15) is 14.9 Å². The first-order valence-corrected chi connectivity index (χ1v) is 8.94. The highest BCUT2D eigenvalue weighted by atomic mass is 16.6. The third-order valence-electron chi connectivity index (χ3n) is 3.89. The number of amides is 1. The molecule has 28 heavy (non-hydrogen) atoms. The number of carbonyl (C=O) groups is 1. The van der Waals surface area contributed by atoms with Crippen LogP contribution in [0.2, 0.25) is 0 Å². The number of nitro benzene ring substituents is 1. The van der Waals surface area contributed by atoms with Crippen molar-refractivity contribution in [1.82, 2.24) is 5.43 Å². The van der Waals surface area contributed by atoms with Crippen LogP contribution >= 0.6 is 0 Å². The molecule has 148 valence electrons. The zero-order valence-corrected chi connectivity index (χ0v) is 15.9. The van der Waals surface area contributed by atoms with E-state index in [0.29, 0.717) is 23.7 Å². The minimum atomic E-state index is -0.557. The summed E-state index contributed by atoms with van der Waals surface area (Å²) in [6.07, 6.45) is 4.67. The quantitative estimate of drug-likeness (QED) is 0.289. The number of nitro groups is 1. The van der Waals surface area contributed by atoms with Crippen LogP contribution in [0, 0.1) is 10.1 Å². The number of hydrazone groups is 1. The number of methoxy groups -OCH3 is 1. The summed E-state index contributed by atoms with van der Waals surface area (Å²) >= 11 is 0. The number of non-ortho nitro benzene ring substituents is 1. The van der Waals surface area contributed by atoms with Gasteiger partial charge in [-0.2, -0.15) is 5.10 Å². The Kier molecular flexibility index (Phi) is 7.95. The molecule has 1 N–H and O–H groups in total. The van der Waals surface area contributed by atoms with Gasteiger partial charge in [0.2, 0.25) is 0 Å². The molecule has 0 fully saturated rings. The molecule has 0 aliphatic carbocycles. The molecule has 0 bridgehead atoms. The lowest BCUT2D eigenvalue weighted by atomic mass is 10.2. The van der Waals surface area contributed by atoms with Gasteiger partial charge in [-0.05, 0) is 36.2 Å². The molecule has 0 unspecified atom stereocenters. The van der Waals surface area contributed by atoms with Crippen LogP contribution in [0.3, 0.4) is 0 Å². The highest BCUT2D eigenvalue weighted by Crippen LogP contribution is 2.27. The molecule has 0 saturated carbocycles. The van der Waals surface area contributed by atoms with Crippen molar-refractivity contribution in [3.05, 3.63) is 63.7 Å². The Hall–Kier alpha value is -3.42. The normalized spacial score (nSPS) is 10.6. The maximum Gasteiger partial charge on any atom is 0.271 e. The number of benzene rings is 2. The molecular weight excluding hydrogens is 362 g/mol. The fourth-order valence-corrected chi connectivity index (χ4v) is 2.41. The van der Waals surface area contributed by atoms with Crippen LogP contribution in [0.4, 0.5) is 5.69 Å². The van der Waals surface area contributed by atoms with Crippen molar-refractivity contribution in [2.24, 2.45) is 5.10 Å². The topological polar surface area (TPSA) is 103 Å². The second-order valence-electron chi connectivity index (χ2n) is 5.97. The molecule has 0 aliphatic heterocycles. The van der Waals surface area contributed by atoms with Gasteiger partial charge in [-0.3, -0.25) is 14.9 Å². The highest BCUT2D eigenvalue weighted by Gasteiger charge is 2.11. The summed E-state index contributed by atoms with van der Waals surface area (Å²) in [6.45, 7) is 2.75. The standard InChI is InChI=1S/C20H23N3O5/c1-3-4-5-11-28-18-10-9-15(12-19(18)27-2)14-21-22-20(24)16-7-6-8-17(13-16)23(25)26/h6-10,12-14H,3-5,11H2,1-2H3,(H,22,24). The SMILES string of the molecule is CCCCCOc1ccc(C=NNC(=O)c2cccc([N+](=O)[O-])c2)cc1OC. The van der Waals surface area contributed by atoms with E-state index >= 15 is 0 Å². The maximum absolute atomic E-state index is 12.1. The van der Waals surface area contributed by atoms with Gasteiger partial charge in [0.15, 0.2) is 11.5 Å². The first-order chi connectivity index (χ1) is 13.5. The molecule has 0 saturated heterocycles. The van der Waals surface area contributed by atoms with Gasteiger partial charge in [-0.25, -0.2) is 5.43 Å². The summed E-state index contributed by atoms with van der Waals surface area (Å²) < 4.78 is 11.1. The lowest BCUT2D eigenvalue weighted by molar-refractivity contribution is -0.384. The molecule has 2 rings (SSSR count). The van der Waals surface area contributed by atoms with Gasteiger partial charge >= 0.3 is 0 Å². The largest absolute Gasteiger partial charge is 0.493 e. The predicted molar refractivity (Wildman–Crippen MR) is 106 cm³/mol.